The number of hydrogen-bond acceptors (Lipinski definition) is 2. The molecule has 0 bridgehead atoms. The van der Waals surface area contributed by atoms with Crippen LogP contribution in [0, 0.1) is 0 Å². The van der Waals surface area contributed by atoms with Gasteiger partial charge in [-0.05, 0) is 31.4 Å². The third-order valence-corrected chi connectivity index (χ3v) is 3.56. The van der Waals surface area contributed by atoms with Gasteiger partial charge in [-0.1, -0.05) is 25.3 Å². The maximum Gasteiger partial charge on any atom is 0.117 e. The molecule has 0 spiro atoms. The minimum absolute atomic E-state index is 0.271. The number of nitrogens with one attached hydrogen (secondary N) is 1. The van der Waals surface area contributed by atoms with Crippen molar-refractivity contribution in [3.8, 4) is 0 Å². The van der Waals surface area contributed by atoms with Crippen LogP contribution >= 0.6 is 0 Å². The molecule has 1 aromatic rings. The molecule has 1 aliphatic rings. The van der Waals surface area contributed by atoms with Crippen molar-refractivity contribution in [3.63, 3.8) is 0 Å². The van der Waals surface area contributed by atoms with Crippen LogP contribution in [0.2, 0.25) is 0 Å². The molecule has 0 aromatic carbocycles. The van der Waals surface area contributed by atoms with Crippen molar-refractivity contribution in [2.45, 2.75) is 50.6 Å². The third-order valence-electron chi connectivity index (χ3n) is 3.56. The van der Waals surface area contributed by atoms with E-state index < -0.39 is 0 Å². The van der Waals surface area contributed by atoms with Gasteiger partial charge in [0.2, 0.25) is 0 Å². The molecular weight excluding hydrogens is 198 g/mol. The summed E-state index contributed by atoms with van der Waals surface area (Å²) in [4.78, 5) is 0. The Morgan fingerprint density at radius 3 is 2.81 bits per heavy atom. The molecule has 0 amide bonds. The fourth-order valence-electron chi connectivity index (χ4n) is 2.65. The lowest BCUT2D eigenvalue weighted by Crippen LogP contribution is -2.45. The zero-order valence-electron chi connectivity index (χ0n) is 9.87. The summed E-state index contributed by atoms with van der Waals surface area (Å²) in [5.41, 5.74) is 0.271. The molecule has 0 aliphatic heterocycles. The van der Waals surface area contributed by atoms with Crippen molar-refractivity contribution in [1.29, 1.82) is 0 Å². The van der Waals surface area contributed by atoms with E-state index in [4.69, 9.17) is 4.42 Å². The molecule has 1 heterocycles. The maximum absolute atomic E-state index is 5.36. The molecular formula is C14H21NO. The molecule has 2 heteroatoms. The first-order chi connectivity index (χ1) is 7.85. The summed E-state index contributed by atoms with van der Waals surface area (Å²) in [5, 5.41) is 3.67. The van der Waals surface area contributed by atoms with Crippen LogP contribution in [0.1, 0.15) is 44.3 Å². The monoisotopic (exact) mass is 219 g/mol. The molecule has 0 saturated heterocycles. The molecule has 1 N–H and O–H groups in total. The molecule has 0 atom stereocenters. The highest BCUT2D eigenvalue weighted by Crippen LogP contribution is 2.31. The zero-order chi connectivity index (χ0) is 11.3. The first kappa shape index (κ1) is 11.5. The summed E-state index contributed by atoms with van der Waals surface area (Å²) in [6.07, 6.45) is 11.4. The van der Waals surface area contributed by atoms with E-state index in [1.54, 1.807) is 6.26 Å². The highest BCUT2D eigenvalue weighted by Gasteiger charge is 2.30. The molecule has 88 valence electrons. The SMILES string of the molecule is C=CCC1(NCc2ccco2)CCCCC1. The Morgan fingerprint density at radius 1 is 1.38 bits per heavy atom. The van der Waals surface area contributed by atoms with Crippen LogP contribution in [0.4, 0.5) is 0 Å². The summed E-state index contributed by atoms with van der Waals surface area (Å²) < 4.78 is 5.36. The van der Waals surface area contributed by atoms with Gasteiger partial charge in [0.05, 0.1) is 12.8 Å². The van der Waals surface area contributed by atoms with E-state index in [-0.39, 0.29) is 5.54 Å². The first-order valence-electron chi connectivity index (χ1n) is 6.23. The predicted molar refractivity (Wildman–Crippen MR) is 66.2 cm³/mol. The van der Waals surface area contributed by atoms with Gasteiger partial charge in [0.15, 0.2) is 0 Å². The summed E-state index contributed by atoms with van der Waals surface area (Å²) in [6, 6.07) is 3.97. The lowest BCUT2D eigenvalue weighted by Gasteiger charge is -2.37. The summed E-state index contributed by atoms with van der Waals surface area (Å²) >= 11 is 0. The molecule has 1 aromatic heterocycles. The average molecular weight is 219 g/mol. The molecule has 16 heavy (non-hydrogen) atoms. The van der Waals surface area contributed by atoms with Crippen LogP contribution in [0.15, 0.2) is 35.5 Å². The Kier molecular flexibility index (Phi) is 3.83. The molecule has 2 rings (SSSR count). The summed E-state index contributed by atoms with van der Waals surface area (Å²) in [6.45, 7) is 4.72. The molecule has 1 saturated carbocycles. The van der Waals surface area contributed by atoms with Gasteiger partial charge in [-0.25, -0.2) is 0 Å². The molecule has 0 radical (unpaired) electrons. The quantitative estimate of drug-likeness (QED) is 0.765. The van der Waals surface area contributed by atoms with Gasteiger partial charge >= 0.3 is 0 Å². The van der Waals surface area contributed by atoms with Gasteiger partial charge in [0, 0.05) is 5.54 Å². The van der Waals surface area contributed by atoms with Gasteiger partial charge in [-0.3, -0.25) is 0 Å². The highest BCUT2D eigenvalue weighted by molar-refractivity contribution is 5.01. The Labute approximate surface area is 97.7 Å². The topological polar surface area (TPSA) is 25.2 Å². The van der Waals surface area contributed by atoms with Gasteiger partial charge in [-0.2, -0.15) is 0 Å². The minimum Gasteiger partial charge on any atom is -0.468 e. The molecule has 0 unspecified atom stereocenters. The Morgan fingerprint density at radius 2 is 2.19 bits per heavy atom. The van der Waals surface area contributed by atoms with Crippen molar-refractivity contribution >= 4 is 0 Å². The second-order valence-corrected chi connectivity index (χ2v) is 4.77. The fourth-order valence-corrected chi connectivity index (χ4v) is 2.65. The van der Waals surface area contributed by atoms with Crippen molar-refractivity contribution < 1.29 is 4.42 Å². The average Bonchev–Trinajstić information content (AvgIpc) is 2.81. The maximum atomic E-state index is 5.36. The molecule has 1 aliphatic carbocycles. The van der Waals surface area contributed by atoms with Crippen LogP contribution in [-0.2, 0) is 6.54 Å². The minimum atomic E-state index is 0.271. The molecule has 2 nitrogen and oxygen atoms in total. The number of furan rings is 1. The first-order valence-corrected chi connectivity index (χ1v) is 6.23. The lowest BCUT2D eigenvalue weighted by molar-refractivity contribution is 0.225. The van der Waals surface area contributed by atoms with Gasteiger partial charge in [0.1, 0.15) is 5.76 Å². The van der Waals surface area contributed by atoms with Crippen LogP contribution in [0.5, 0.6) is 0 Å². The van der Waals surface area contributed by atoms with Crippen molar-refractivity contribution in [2.75, 3.05) is 0 Å². The van der Waals surface area contributed by atoms with E-state index >= 15 is 0 Å². The standard InChI is InChI=1S/C14H21NO/c1-2-8-14(9-4-3-5-10-14)15-12-13-7-6-11-16-13/h2,6-7,11,15H,1,3-5,8-10,12H2. The van der Waals surface area contributed by atoms with E-state index in [2.05, 4.69) is 11.9 Å². The Balaban J connectivity index is 1.93. The highest BCUT2D eigenvalue weighted by atomic mass is 16.3. The van der Waals surface area contributed by atoms with Crippen molar-refractivity contribution in [2.24, 2.45) is 0 Å². The van der Waals surface area contributed by atoms with Gasteiger partial charge in [-0.15, -0.1) is 6.58 Å². The van der Waals surface area contributed by atoms with Crippen LogP contribution in [-0.4, -0.2) is 5.54 Å². The predicted octanol–water partition coefficient (Wildman–Crippen LogP) is 3.65. The lowest BCUT2D eigenvalue weighted by atomic mass is 9.79. The second-order valence-electron chi connectivity index (χ2n) is 4.77. The van der Waals surface area contributed by atoms with Crippen molar-refractivity contribution in [1.82, 2.24) is 5.32 Å². The van der Waals surface area contributed by atoms with Crippen LogP contribution in [0.25, 0.3) is 0 Å². The van der Waals surface area contributed by atoms with E-state index in [1.165, 1.54) is 32.1 Å². The fraction of sp³-hybridized carbons (Fsp3) is 0.571. The van der Waals surface area contributed by atoms with E-state index in [9.17, 15) is 0 Å². The smallest absolute Gasteiger partial charge is 0.117 e. The number of rotatable bonds is 5. The van der Waals surface area contributed by atoms with E-state index in [0.717, 1.165) is 18.7 Å². The second kappa shape index (κ2) is 5.35. The number of hydrogen-bond donors (Lipinski definition) is 1. The summed E-state index contributed by atoms with van der Waals surface area (Å²) in [5.74, 6) is 1.02. The molecule has 1 fully saturated rings. The Hall–Kier alpha value is -1.02. The van der Waals surface area contributed by atoms with Crippen molar-refractivity contribution in [3.05, 3.63) is 36.8 Å². The van der Waals surface area contributed by atoms with E-state index in [0.29, 0.717) is 0 Å². The Bertz CT molecular complexity index is 309. The largest absolute Gasteiger partial charge is 0.468 e. The van der Waals surface area contributed by atoms with E-state index in [1.807, 2.05) is 18.2 Å². The zero-order valence-corrected chi connectivity index (χ0v) is 9.87. The van der Waals surface area contributed by atoms with Crippen LogP contribution < -0.4 is 5.32 Å². The van der Waals surface area contributed by atoms with Gasteiger partial charge in [0.25, 0.3) is 0 Å². The normalized spacial score (nSPS) is 19.5. The third kappa shape index (κ3) is 2.76. The van der Waals surface area contributed by atoms with Crippen LogP contribution in [0.3, 0.4) is 0 Å². The summed E-state index contributed by atoms with van der Waals surface area (Å²) in [7, 11) is 0. The van der Waals surface area contributed by atoms with Gasteiger partial charge < -0.3 is 9.73 Å².